The van der Waals surface area contributed by atoms with E-state index in [9.17, 15) is 9.59 Å². The van der Waals surface area contributed by atoms with E-state index < -0.39 is 0 Å². The Morgan fingerprint density at radius 2 is 1.96 bits per heavy atom. The number of amides is 2. The van der Waals surface area contributed by atoms with Crippen LogP contribution >= 0.6 is 23.2 Å². The highest BCUT2D eigenvalue weighted by Crippen LogP contribution is 2.29. The van der Waals surface area contributed by atoms with Gasteiger partial charge in [0.1, 0.15) is 0 Å². The molecule has 0 aromatic heterocycles. The monoisotopic (exact) mass is 375 g/mol. The number of hydrogen-bond acceptors (Lipinski definition) is 3. The Hall–Kier alpha value is -2.55. The molecule has 128 valence electrons. The van der Waals surface area contributed by atoms with E-state index in [1.165, 1.54) is 11.8 Å². The number of benzene rings is 2. The molecular formula is C18H15Cl2N3O2. The number of nitriles is 1. The molecule has 0 atom stereocenters. The third-order valence-electron chi connectivity index (χ3n) is 3.42. The van der Waals surface area contributed by atoms with Crippen molar-refractivity contribution in [3.8, 4) is 6.07 Å². The molecule has 0 saturated heterocycles. The van der Waals surface area contributed by atoms with Gasteiger partial charge in [0.05, 0.1) is 22.3 Å². The van der Waals surface area contributed by atoms with E-state index >= 15 is 0 Å². The molecule has 7 heteroatoms. The van der Waals surface area contributed by atoms with Crippen molar-refractivity contribution < 1.29 is 9.59 Å². The van der Waals surface area contributed by atoms with E-state index in [1.54, 1.807) is 42.5 Å². The van der Waals surface area contributed by atoms with Crippen LogP contribution in [-0.2, 0) is 9.59 Å². The predicted octanol–water partition coefficient (Wildman–Crippen LogP) is 4.25. The van der Waals surface area contributed by atoms with Crippen molar-refractivity contribution in [1.29, 1.82) is 5.26 Å². The van der Waals surface area contributed by atoms with Gasteiger partial charge in [-0.3, -0.25) is 9.59 Å². The largest absolute Gasteiger partial charge is 0.326 e. The molecule has 0 aliphatic heterocycles. The Morgan fingerprint density at radius 3 is 2.64 bits per heavy atom. The number of nitrogens with one attached hydrogen (secondary N) is 1. The van der Waals surface area contributed by atoms with Crippen molar-refractivity contribution in [3.63, 3.8) is 0 Å². The van der Waals surface area contributed by atoms with Crippen LogP contribution in [0.3, 0.4) is 0 Å². The Kier molecular flexibility index (Phi) is 6.40. The normalized spacial score (nSPS) is 10.0. The smallest absolute Gasteiger partial charge is 0.226 e. The van der Waals surface area contributed by atoms with Crippen molar-refractivity contribution in [2.45, 2.75) is 13.3 Å². The van der Waals surface area contributed by atoms with Gasteiger partial charge in [0.15, 0.2) is 0 Å². The molecule has 0 aliphatic rings. The Labute approximate surface area is 155 Å². The molecule has 0 spiro atoms. The number of rotatable bonds is 5. The van der Waals surface area contributed by atoms with Crippen LogP contribution in [0.4, 0.5) is 11.4 Å². The minimum atomic E-state index is -0.278. The quantitative estimate of drug-likeness (QED) is 0.848. The van der Waals surface area contributed by atoms with Crippen LogP contribution in [0.25, 0.3) is 0 Å². The van der Waals surface area contributed by atoms with Gasteiger partial charge in [0, 0.05) is 30.6 Å². The SMILES string of the molecule is CC(=O)N(CCC(=O)Nc1cccc(C#N)c1)c1cc(Cl)ccc1Cl. The molecule has 1 N–H and O–H groups in total. The van der Waals surface area contributed by atoms with E-state index in [2.05, 4.69) is 5.32 Å². The van der Waals surface area contributed by atoms with Crippen molar-refractivity contribution in [1.82, 2.24) is 0 Å². The second-order valence-corrected chi connectivity index (χ2v) is 6.10. The van der Waals surface area contributed by atoms with Crippen LogP contribution in [-0.4, -0.2) is 18.4 Å². The summed E-state index contributed by atoms with van der Waals surface area (Å²) in [6.07, 6.45) is 0.0687. The molecule has 25 heavy (non-hydrogen) atoms. The van der Waals surface area contributed by atoms with Crippen molar-refractivity contribution in [2.24, 2.45) is 0 Å². The standard InChI is InChI=1S/C18H15Cl2N3O2/c1-12(24)23(17-10-14(19)5-6-16(17)20)8-7-18(25)22-15-4-2-3-13(9-15)11-21/h2-6,9-10H,7-8H2,1H3,(H,22,25). The van der Waals surface area contributed by atoms with E-state index in [-0.39, 0.29) is 24.8 Å². The predicted molar refractivity (Wildman–Crippen MR) is 98.9 cm³/mol. The number of anilines is 2. The summed E-state index contributed by atoms with van der Waals surface area (Å²) in [5, 5.41) is 12.4. The first-order valence-electron chi connectivity index (χ1n) is 7.44. The van der Waals surface area contributed by atoms with Gasteiger partial charge in [-0.2, -0.15) is 5.26 Å². The highest BCUT2D eigenvalue weighted by molar-refractivity contribution is 6.35. The molecule has 0 unspecified atom stereocenters. The maximum absolute atomic E-state index is 12.1. The first-order chi connectivity index (χ1) is 11.9. The van der Waals surface area contributed by atoms with Crippen molar-refractivity contribution in [2.75, 3.05) is 16.8 Å². The van der Waals surface area contributed by atoms with E-state index in [1.807, 2.05) is 6.07 Å². The number of carbonyl (C=O) groups excluding carboxylic acids is 2. The van der Waals surface area contributed by atoms with E-state index in [0.29, 0.717) is 27.0 Å². The highest BCUT2D eigenvalue weighted by Gasteiger charge is 2.17. The lowest BCUT2D eigenvalue weighted by atomic mass is 10.2. The minimum Gasteiger partial charge on any atom is -0.326 e. The molecule has 0 saturated carbocycles. The van der Waals surface area contributed by atoms with Gasteiger partial charge >= 0.3 is 0 Å². The second-order valence-electron chi connectivity index (χ2n) is 5.26. The molecule has 0 radical (unpaired) electrons. The van der Waals surface area contributed by atoms with Crippen LogP contribution in [0.15, 0.2) is 42.5 Å². The lowest BCUT2D eigenvalue weighted by Gasteiger charge is -2.22. The Morgan fingerprint density at radius 1 is 1.20 bits per heavy atom. The average molecular weight is 376 g/mol. The minimum absolute atomic E-state index is 0.0687. The van der Waals surface area contributed by atoms with Crippen LogP contribution in [0.2, 0.25) is 10.0 Å². The summed E-state index contributed by atoms with van der Waals surface area (Å²) in [7, 11) is 0. The number of nitrogens with zero attached hydrogens (tertiary/aromatic N) is 2. The lowest BCUT2D eigenvalue weighted by Crippen LogP contribution is -2.32. The Balaban J connectivity index is 2.06. The summed E-state index contributed by atoms with van der Waals surface area (Å²) in [5.74, 6) is -0.525. The summed E-state index contributed by atoms with van der Waals surface area (Å²) < 4.78 is 0. The molecule has 5 nitrogen and oxygen atoms in total. The van der Waals surface area contributed by atoms with Crippen molar-refractivity contribution in [3.05, 3.63) is 58.1 Å². The lowest BCUT2D eigenvalue weighted by molar-refractivity contribution is -0.117. The molecule has 0 heterocycles. The summed E-state index contributed by atoms with van der Waals surface area (Å²) in [5.41, 5.74) is 1.44. The third-order valence-corrected chi connectivity index (χ3v) is 3.97. The summed E-state index contributed by atoms with van der Waals surface area (Å²) in [6.45, 7) is 1.55. The summed E-state index contributed by atoms with van der Waals surface area (Å²) in [6, 6.07) is 13.4. The molecule has 0 bridgehead atoms. The van der Waals surface area contributed by atoms with Gasteiger partial charge in [0.2, 0.25) is 11.8 Å². The first kappa shape index (κ1) is 18.8. The first-order valence-corrected chi connectivity index (χ1v) is 8.19. The molecule has 0 aliphatic carbocycles. The highest BCUT2D eigenvalue weighted by atomic mass is 35.5. The van der Waals surface area contributed by atoms with Gasteiger partial charge in [0.25, 0.3) is 0 Å². The van der Waals surface area contributed by atoms with Crippen LogP contribution in [0, 0.1) is 11.3 Å². The molecule has 0 fully saturated rings. The zero-order valence-corrected chi connectivity index (χ0v) is 14.9. The Bertz CT molecular complexity index is 846. The summed E-state index contributed by atoms with van der Waals surface area (Å²) >= 11 is 12.1. The fourth-order valence-corrected chi connectivity index (χ4v) is 2.63. The molecule has 2 aromatic rings. The van der Waals surface area contributed by atoms with Crippen LogP contribution in [0.5, 0.6) is 0 Å². The number of carbonyl (C=O) groups is 2. The second kappa shape index (κ2) is 8.52. The number of halogens is 2. The number of hydrogen-bond donors (Lipinski definition) is 1. The fraction of sp³-hybridized carbons (Fsp3) is 0.167. The van der Waals surface area contributed by atoms with Gasteiger partial charge in [-0.05, 0) is 36.4 Å². The zero-order chi connectivity index (χ0) is 18.4. The zero-order valence-electron chi connectivity index (χ0n) is 13.4. The van der Waals surface area contributed by atoms with Crippen molar-refractivity contribution >= 4 is 46.4 Å². The van der Waals surface area contributed by atoms with E-state index in [4.69, 9.17) is 28.5 Å². The maximum Gasteiger partial charge on any atom is 0.226 e. The molecule has 2 amide bonds. The molecule has 2 aromatic carbocycles. The molecular weight excluding hydrogens is 361 g/mol. The van der Waals surface area contributed by atoms with Gasteiger partial charge in [-0.1, -0.05) is 29.3 Å². The van der Waals surface area contributed by atoms with E-state index in [0.717, 1.165) is 0 Å². The topological polar surface area (TPSA) is 73.2 Å². The maximum atomic E-state index is 12.1. The van der Waals surface area contributed by atoms with Crippen LogP contribution in [0.1, 0.15) is 18.9 Å². The third kappa shape index (κ3) is 5.21. The van der Waals surface area contributed by atoms with Gasteiger partial charge in [-0.25, -0.2) is 0 Å². The van der Waals surface area contributed by atoms with Crippen LogP contribution < -0.4 is 10.2 Å². The molecule has 2 rings (SSSR count). The van der Waals surface area contributed by atoms with Gasteiger partial charge < -0.3 is 10.2 Å². The van der Waals surface area contributed by atoms with Gasteiger partial charge in [-0.15, -0.1) is 0 Å². The average Bonchev–Trinajstić information content (AvgIpc) is 2.58. The fourth-order valence-electron chi connectivity index (χ4n) is 2.24. The summed E-state index contributed by atoms with van der Waals surface area (Å²) in [4.78, 5) is 25.5.